The van der Waals surface area contributed by atoms with Crippen molar-refractivity contribution in [1.82, 2.24) is 4.98 Å². The largest absolute Gasteiger partial charge is 0.492 e. The molecular formula is C18H14Br2ClNO4S. The van der Waals surface area contributed by atoms with Crippen LogP contribution in [0, 0.1) is 6.92 Å². The van der Waals surface area contributed by atoms with Crippen LogP contribution in [0.15, 0.2) is 50.4 Å². The first-order chi connectivity index (χ1) is 12.7. The first kappa shape index (κ1) is 20.4. The van der Waals surface area contributed by atoms with Crippen LogP contribution in [0.2, 0.25) is 5.02 Å². The highest BCUT2D eigenvalue weighted by molar-refractivity contribution is 9.11. The summed E-state index contributed by atoms with van der Waals surface area (Å²) in [6, 6.07) is 8.19. The predicted octanol–water partition coefficient (Wildman–Crippen LogP) is 5.89. The summed E-state index contributed by atoms with van der Waals surface area (Å²) in [6.45, 7) is 3.84. The lowest BCUT2D eigenvalue weighted by atomic mass is 10.2. The van der Waals surface area contributed by atoms with Gasteiger partial charge in [-0.1, -0.05) is 33.6 Å². The van der Waals surface area contributed by atoms with E-state index in [1.807, 2.05) is 6.07 Å². The van der Waals surface area contributed by atoms with Crippen LogP contribution < -0.4 is 8.92 Å². The molecule has 1 aromatic heterocycles. The summed E-state index contributed by atoms with van der Waals surface area (Å²) in [5.41, 5.74) is 1.11. The SMILES string of the molecule is CCOc1cc(C)c(Cl)cc1S(=O)(=O)Oc1c(Br)cc(Br)c2cccnc12. The van der Waals surface area contributed by atoms with Gasteiger partial charge < -0.3 is 8.92 Å². The maximum atomic E-state index is 13.0. The Hall–Kier alpha value is -1.35. The Morgan fingerprint density at radius 1 is 1.19 bits per heavy atom. The summed E-state index contributed by atoms with van der Waals surface area (Å²) >= 11 is 12.9. The van der Waals surface area contributed by atoms with Crippen LogP contribution in [0.4, 0.5) is 0 Å². The van der Waals surface area contributed by atoms with Gasteiger partial charge in [-0.2, -0.15) is 8.42 Å². The molecule has 0 aliphatic heterocycles. The van der Waals surface area contributed by atoms with Crippen molar-refractivity contribution in [2.45, 2.75) is 18.7 Å². The molecule has 0 aliphatic carbocycles. The van der Waals surface area contributed by atoms with Gasteiger partial charge in [0.1, 0.15) is 16.2 Å². The van der Waals surface area contributed by atoms with E-state index in [9.17, 15) is 8.42 Å². The Balaban J connectivity index is 2.17. The van der Waals surface area contributed by atoms with Crippen molar-refractivity contribution in [1.29, 1.82) is 0 Å². The lowest BCUT2D eigenvalue weighted by molar-refractivity contribution is 0.329. The molecule has 3 rings (SSSR count). The minimum atomic E-state index is -4.23. The number of aromatic nitrogens is 1. The van der Waals surface area contributed by atoms with Crippen molar-refractivity contribution in [3.8, 4) is 11.5 Å². The monoisotopic (exact) mass is 533 g/mol. The molecular weight excluding hydrogens is 522 g/mol. The standard InChI is InChI=1S/C18H14Br2ClNO4S/c1-3-25-15-7-10(2)14(21)9-16(15)27(23,24)26-18-13(20)8-12(19)11-5-4-6-22-17(11)18/h4-9H,3H2,1-2H3. The number of halogens is 3. The fraction of sp³-hybridized carbons (Fsp3) is 0.167. The molecule has 27 heavy (non-hydrogen) atoms. The van der Waals surface area contributed by atoms with E-state index in [4.69, 9.17) is 20.5 Å². The minimum absolute atomic E-state index is 0.0907. The number of aryl methyl sites for hydroxylation is 1. The zero-order chi connectivity index (χ0) is 19.8. The molecule has 0 bridgehead atoms. The minimum Gasteiger partial charge on any atom is -0.492 e. The van der Waals surface area contributed by atoms with Crippen molar-refractivity contribution in [2.24, 2.45) is 0 Å². The second kappa shape index (κ2) is 7.95. The molecule has 2 aromatic carbocycles. The van der Waals surface area contributed by atoms with E-state index in [-0.39, 0.29) is 16.4 Å². The summed E-state index contributed by atoms with van der Waals surface area (Å²) in [5.74, 6) is 0.276. The molecule has 0 amide bonds. The van der Waals surface area contributed by atoms with Crippen molar-refractivity contribution in [2.75, 3.05) is 6.61 Å². The molecule has 0 saturated carbocycles. The third kappa shape index (κ3) is 4.08. The second-order valence-corrected chi connectivity index (χ2v) is 9.22. The lowest BCUT2D eigenvalue weighted by Crippen LogP contribution is -2.13. The molecule has 1 heterocycles. The topological polar surface area (TPSA) is 65.5 Å². The number of fused-ring (bicyclic) bond motifs is 1. The Bertz CT molecular complexity index is 1140. The summed E-state index contributed by atoms with van der Waals surface area (Å²) in [4.78, 5) is 4.12. The molecule has 0 atom stereocenters. The third-order valence-corrected chi connectivity index (χ3v) is 6.63. The number of hydrogen-bond acceptors (Lipinski definition) is 5. The van der Waals surface area contributed by atoms with Gasteiger partial charge in [0, 0.05) is 21.1 Å². The van der Waals surface area contributed by atoms with E-state index in [0.29, 0.717) is 27.2 Å². The molecule has 142 valence electrons. The fourth-order valence-corrected chi connectivity index (χ4v) is 5.27. The van der Waals surface area contributed by atoms with Gasteiger partial charge in [0.2, 0.25) is 0 Å². The van der Waals surface area contributed by atoms with E-state index < -0.39 is 10.1 Å². The van der Waals surface area contributed by atoms with Gasteiger partial charge in [-0.3, -0.25) is 4.98 Å². The van der Waals surface area contributed by atoms with Crippen molar-refractivity contribution >= 4 is 64.5 Å². The van der Waals surface area contributed by atoms with Crippen LogP contribution in [0.5, 0.6) is 11.5 Å². The fourth-order valence-electron chi connectivity index (χ4n) is 2.48. The van der Waals surface area contributed by atoms with Gasteiger partial charge in [-0.25, -0.2) is 0 Å². The zero-order valence-electron chi connectivity index (χ0n) is 14.3. The molecule has 0 radical (unpaired) electrons. The molecule has 0 spiro atoms. The number of nitrogens with zero attached hydrogens (tertiary/aromatic N) is 1. The zero-order valence-corrected chi connectivity index (χ0v) is 19.0. The lowest BCUT2D eigenvalue weighted by Gasteiger charge is -2.15. The Kier molecular flexibility index (Phi) is 6.00. The van der Waals surface area contributed by atoms with Crippen LogP contribution in [0.1, 0.15) is 12.5 Å². The molecule has 5 nitrogen and oxygen atoms in total. The number of hydrogen-bond donors (Lipinski definition) is 0. The average molecular weight is 536 g/mol. The quantitative estimate of drug-likeness (QED) is 0.382. The number of pyridine rings is 1. The van der Waals surface area contributed by atoms with Gasteiger partial charge in [0.15, 0.2) is 5.75 Å². The Morgan fingerprint density at radius 2 is 1.93 bits per heavy atom. The van der Waals surface area contributed by atoms with Gasteiger partial charge in [-0.15, -0.1) is 0 Å². The number of rotatable bonds is 5. The van der Waals surface area contributed by atoms with E-state index >= 15 is 0 Å². The average Bonchev–Trinajstić information content (AvgIpc) is 2.61. The highest BCUT2D eigenvalue weighted by atomic mass is 79.9. The van der Waals surface area contributed by atoms with Gasteiger partial charge in [-0.05, 0) is 59.6 Å². The first-order valence-electron chi connectivity index (χ1n) is 7.84. The normalized spacial score (nSPS) is 11.6. The van der Waals surface area contributed by atoms with Crippen LogP contribution in [-0.2, 0) is 10.1 Å². The van der Waals surface area contributed by atoms with Gasteiger partial charge in [0.05, 0.1) is 11.1 Å². The van der Waals surface area contributed by atoms with E-state index in [2.05, 4.69) is 36.8 Å². The summed E-state index contributed by atoms with van der Waals surface area (Å²) in [6.07, 6.45) is 1.56. The van der Waals surface area contributed by atoms with Gasteiger partial charge in [0.25, 0.3) is 0 Å². The second-order valence-electron chi connectivity index (χ2n) is 5.59. The Morgan fingerprint density at radius 3 is 2.63 bits per heavy atom. The number of ether oxygens (including phenoxy) is 1. The molecule has 3 aromatic rings. The smallest absolute Gasteiger partial charge is 0.343 e. The van der Waals surface area contributed by atoms with E-state index in [1.54, 1.807) is 38.2 Å². The van der Waals surface area contributed by atoms with E-state index in [1.165, 1.54) is 6.07 Å². The molecule has 9 heteroatoms. The summed E-state index contributed by atoms with van der Waals surface area (Å²) in [7, 11) is -4.23. The van der Waals surface area contributed by atoms with Crippen molar-refractivity contribution < 1.29 is 17.3 Å². The highest BCUT2D eigenvalue weighted by Crippen LogP contribution is 2.40. The third-order valence-electron chi connectivity index (χ3n) is 3.74. The molecule has 0 unspecified atom stereocenters. The summed E-state index contributed by atoms with van der Waals surface area (Å²) < 4.78 is 38.2. The molecule has 0 aliphatic rings. The van der Waals surface area contributed by atoms with Crippen LogP contribution in [-0.4, -0.2) is 20.0 Å². The van der Waals surface area contributed by atoms with Crippen LogP contribution >= 0.6 is 43.5 Å². The van der Waals surface area contributed by atoms with Crippen molar-refractivity contribution in [3.05, 3.63) is 56.1 Å². The Labute approximate surface area is 179 Å². The van der Waals surface area contributed by atoms with Gasteiger partial charge >= 0.3 is 10.1 Å². The van der Waals surface area contributed by atoms with E-state index in [0.717, 1.165) is 9.86 Å². The van der Waals surface area contributed by atoms with Crippen molar-refractivity contribution in [3.63, 3.8) is 0 Å². The van der Waals surface area contributed by atoms with Crippen LogP contribution in [0.25, 0.3) is 10.9 Å². The maximum absolute atomic E-state index is 13.0. The highest BCUT2D eigenvalue weighted by Gasteiger charge is 2.26. The van der Waals surface area contributed by atoms with Crippen LogP contribution in [0.3, 0.4) is 0 Å². The molecule has 0 fully saturated rings. The predicted molar refractivity (Wildman–Crippen MR) is 112 cm³/mol. The molecule has 0 saturated heterocycles. The molecule has 0 N–H and O–H groups in total. The maximum Gasteiger partial charge on any atom is 0.343 e. The number of benzene rings is 2. The first-order valence-corrected chi connectivity index (χ1v) is 11.2. The summed E-state index contributed by atoms with van der Waals surface area (Å²) in [5, 5.41) is 1.02.